The molecule has 3 aromatic rings. The summed E-state index contributed by atoms with van der Waals surface area (Å²) < 4.78 is 2.57. The molecule has 0 aliphatic heterocycles. The van der Waals surface area contributed by atoms with Crippen LogP contribution in [-0.4, -0.2) is 26.1 Å². The number of amides is 1. The van der Waals surface area contributed by atoms with Crippen molar-refractivity contribution in [1.29, 1.82) is 0 Å². The molecule has 0 spiro atoms. The first kappa shape index (κ1) is 14.6. The van der Waals surface area contributed by atoms with E-state index in [9.17, 15) is 4.79 Å². The van der Waals surface area contributed by atoms with Gasteiger partial charge < -0.3 is 5.32 Å². The third-order valence-electron chi connectivity index (χ3n) is 2.74. The standard InChI is InChI=1S/C14H10BrN5OS/c15-13-7-5-12(22-13)6-8-14(21)17-10-1-3-11(4-2-10)20-9-16-18-19-20/h1-9H,(H,17,21). The van der Waals surface area contributed by atoms with Crippen molar-refractivity contribution < 1.29 is 4.79 Å². The molecule has 0 unspecified atom stereocenters. The predicted octanol–water partition coefficient (Wildman–Crippen LogP) is 3.14. The van der Waals surface area contributed by atoms with Gasteiger partial charge in [-0.15, -0.1) is 16.4 Å². The molecule has 22 heavy (non-hydrogen) atoms. The maximum absolute atomic E-state index is 11.9. The second kappa shape index (κ2) is 6.63. The lowest BCUT2D eigenvalue weighted by molar-refractivity contribution is -0.111. The first-order chi connectivity index (χ1) is 10.7. The van der Waals surface area contributed by atoms with Crippen LogP contribution >= 0.6 is 27.3 Å². The molecule has 2 heterocycles. The molecule has 0 aliphatic carbocycles. The number of rotatable bonds is 4. The second-order valence-electron chi connectivity index (χ2n) is 4.27. The van der Waals surface area contributed by atoms with Gasteiger partial charge in [-0.05, 0) is 68.8 Å². The average Bonchev–Trinajstić information content (AvgIpc) is 3.17. The number of anilines is 1. The maximum Gasteiger partial charge on any atom is 0.248 e. The van der Waals surface area contributed by atoms with E-state index >= 15 is 0 Å². The number of nitrogens with one attached hydrogen (secondary N) is 1. The fraction of sp³-hybridized carbons (Fsp3) is 0. The Balaban J connectivity index is 1.63. The Bertz CT molecular complexity index is 795. The Morgan fingerprint density at radius 1 is 1.23 bits per heavy atom. The molecule has 0 bridgehead atoms. The molecule has 1 N–H and O–H groups in total. The fourth-order valence-electron chi connectivity index (χ4n) is 1.74. The van der Waals surface area contributed by atoms with Crippen LogP contribution in [0, 0.1) is 0 Å². The third-order valence-corrected chi connectivity index (χ3v) is 4.33. The smallest absolute Gasteiger partial charge is 0.248 e. The van der Waals surface area contributed by atoms with E-state index in [2.05, 4.69) is 36.8 Å². The molecule has 3 rings (SSSR count). The molecule has 0 fully saturated rings. The van der Waals surface area contributed by atoms with Crippen molar-refractivity contribution in [2.45, 2.75) is 0 Å². The summed E-state index contributed by atoms with van der Waals surface area (Å²) in [6, 6.07) is 11.1. The molecule has 8 heteroatoms. The topological polar surface area (TPSA) is 72.7 Å². The van der Waals surface area contributed by atoms with Gasteiger partial charge in [0.25, 0.3) is 0 Å². The van der Waals surface area contributed by atoms with E-state index in [4.69, 9.17) is 0 Å². The third kappa shape index (κ3) is 3.66. The first-order valence-electron chi connectivity index (χ1n) is 6.28. The van der Waals surface area contributed by atoms with E-state index in [-0.39, 0.29) is 5.91 Å². The van der Waals surface area contributed by atoms with E-state index in [0.29, 0.717) is 5.69 Å². The number of thiophene rings is 1. The van der Waals surface area contributed by atoms with Crippen molar-refractivity contribution >= 4 is 44.9 Å². The van der Waals surface area contributed by atoms with Crippen molar-refractivity contribution in [3.63, 3.8) is 0 Å². The lowest BCUT2D eigenvalue weighted by atomic mass is 10.3. The van der Waals surface area contributed by atoms with Crippen molar-refractivity contribution in [2.24, 2.45) is 0 Å². The Labute approximate surface area is 138 Å². The minimum absolute atomic E-state index is 0.181. The molecular formula is C14H10BrN5OS. The van der Waals surface area contributed by atoms with E-state index in [0.717, 1.165) is 14.4 Å². The molecule has 0 radical (unpaired) electrons. The highest BCUT2D eigenvalue weighted by molar-refractivity contribution is 9.11. The van der Waals surface area contributed by atoms with Gasteiger partial charge in [0.15, 0.2) is 0 Å². The summed E-state index contributed by atoms with van der Waals surface area (Å²) in [6.07, 6.45) is 4.79. The summed E-state index contributed by atoms with van der Waals surface area (Å²) in [7, 11) is 0. The normalized spacial score (nSPS) is 11.0. The zero-order chi connectivity index (χ0) is 15.4. The number of benzene rings is 1. The number of halogens is 1. The van der Waals surface area contributed by atoms with Crippen LogP contribution in [0.2, 0.25) is 0 Å². The summed E-state index contributed by atoms with van der Waals surface area (Å²) in [5.41, 5.74) is 1.53. The highest BCUT2D eigenvalue weighted by Crippen LogP contribution is 2.23. The molecule has 110 valence electrons. The van der Waals surface area contributed by atoms with Gasteiger partial charge in [-0.25, -0.2) is 4.68 Å². The summed E-state index contributed by atoms with van der Waals surface area (Å²) >= 11 is 4.95. The summed E-state index contributed by atoms with van der Waals surface area (Å²) in [6.45, 7) is 0. The molecule has 1 amide bonds. The minimum atomic E-state index is -0.181. The van der Waals surface area contributed by atoms with Crippen LogP contribution in [0.5, 0.6) is 0 Å². The molecule has 0 aliphatic rings. The fourth-order valence-corrected chi connectivity index (χ4v) is 3.06. The van der Waals surface area contributed by atoms with E-state index in [1.807, 2.05) is 24.3 Å². The lowest BCUT2D eigenvalue weighted by Crippen LogP contribution is -2.07. The van der Waals surface area contributed by atoms with Crippen molar-refractivity contribution in [1.82, 2.24) is 20.2 Å². The second-order valence-corrected chi connectivity index (χ2v) is 6.76. The van der Waals surface area contributed by atoms with Crippen molar-refractivity contribution in [3.05, 3.63) is 57.5 Å². The van der Waals surface area contributed by atoms with Crippen LogP contribution in [0.1, 0.15) is 4.88 Å². The predicted molar refractivity (Wildman–Crippen MR) is 88.8 cm³/mol. The van der Waals surface area contributed by atoms with Gasteiger partial charge in [-0.1, -0.05) is 0 Å². The Kier molecular flexibility index (Phi) is 4.40. The van der Waals surface area contributed by atoms with Crippen LogP contribution in [0.3, 0.4) is 0 Å². The number of aromatic nitrogens is 4. The molecule has 0 atom stereocenters. The summed E-state index contributed by atoms with van der Waals surface area (Å²) in [4.78, 5) is 12.9. The molecule has 0 saturated carbocycles. The quantitative estimate of drug-likeness (QED) is 0.710. The number of carbonyl (C=O) groups is 1. The van der Waals surface area contributed by atoms with Crippen molar-refractivity contribution in [3.8, 4) is 5.69 Å². The summed E-state index contributed by atoms with van der Waals surface area (Å²) in [5, 5.41) is 13.7. The number of nitrogens with zero attached hydrogens (tertiary/aromatic N) is 4. The highest BCUT2D eigenvalue weighted by atomic mass is 79.9. The number of hydrogen-bond acceptors (Lipinski definition) is 5. The summed E-state index contributed by atoms with van der Waals surface area (Å²) in [5.74, 6) is -0.181. The molecule has 2 aromatic heterocycles. The van der Waals surface area contributed by atoms with Gasteiger partial charge in [-0.2, -0.15) is 0 Å². The minimum Gasteiger partial charge on any atom is -0.323 e. The lowest BCUT2D eigenvalue weighted by Gasteiger charge is -2.03. The Morgan fingerprint density at radius 2 is 2.05 bits per heavy atom. The zero-order valence-electron chi connectivity index (χ0n) is 11.2. The van der Waals surface area contributed by atoms with Gasteiger partial charge in [0.05, 0.1) is 9.47 Å². The molecule has 6 nitrogen and oxygen atoms in total. The van der Waals surface area contributed by atoms with Crippen LogP contribution < -0.4 is 5.32 Å². The van der Waals surface area contributed by atoms with Gasteiger partial charge >= 0.3 is 0 Å². The Hall–Kier alpha value is -2.32. The molecule has 1 aromatic carbocycles. The number of carbonyl (C=O) groups excluding carboxylic acids is 1. The first-order valence-corrected chi connectivity index (χ1v) is 7.89. The number of tetrazole rings is 1. The largest absolute Gasteiger partial charge is 0.323 e. The Morgan fingerprint density at radius 3 is 2.68 bits per heavy atom. The molecular weight excluding hydrogens is 366 g/mol. The van der Waals surface area contributed by atoms with Crippen LogP contribution in [-0.2, 0) is 4.79 Å². The van der Waals surface area contributed by atoms with Crippen LogP contribution in [0.25, 0.3) is 11.8 Å². The monoisotopic (exact) mass is 375 g/mol. The SMILES string of the molecule is O=C(C=Cc1ccc(Br)s1)Nc1ccc(-n2cnnn2)cc1. The van der Waals surface area contributed by atoms with Crippen molar-refractivity contribution in [2.75, 3.05) is 5.32 Å². The zero-order valence-corrected chi connectivity index (χ0v) is 13.6. The van der Waals surface area contributed by atoms with E-state index in [1.54, 1.807) is 34.2 Å². The van der Waals surface area contributed by atoms with E-state index in [1.165, 1.54) is 12.4 Å². The highest BCUT2D eigenvalue weighted by Gasteiger charge is 2.01. The van der Waals surface area contributed by atoms with E-state index < -0.39 is 0 Å². The van der Waals surface area contributed by atoms with Crippen LogP contribution in [0.4, 0.5) is 5.69 Å². The average molecular weight is 376 g/mol. The number of hydrogen-bond donors (Lipinski definition) is 1. The molecule has 0 saturated heterocycles. The van der Waals surface area contributed by atoms with Gasteiger partial charge in [0, 0.05) is 16.6 Å². The maximum atomic E-state index is 11.9. The van der Waals surface area contributed by atoms with Gasteiger partial charge in [-0.3, -0.25) is 4.79 Å². The van der Waals surface area contributed by atoms with Gasteiger partial charge in [0.1, 0.15) is 6.33 Å². The van der Waals surface area contributed by atoms with Gasteiger partial charge in [0.2, 0.25) is 5.91 Å². The van der Waals surface area contributed by atoms with Crippen LogP contribution in [0.15, 0.2) is 52.6 Å².